The number of Topliss-reactive ketones (excluding diaryl/α,β-unsaturated/α-hetero) is 1. The zero-order valence-electron chi connectivity index (χ0n) is 10.1. The standard InChI is InChI=1S/C10H21NO3S/c1-7(2)6-10(9(5)12)11-15(13,14)8(3)4/h7-8,10-11H,6H2,1-5H3/t10-/m1/s1. The maximum absolute atomic E-state index is 11.6. The molecule has 1 N–H and O–H groups in total. The van der Waals surface area contributed by atoms with Gasteiger partial charge in [-0.25, -0.2) is 13.1 Å². The fourth-order valence-corrected chi connectivity index (χ4v) is 2.03. The molecule has 0 unspecified atom stereocenters. The van der Waals surface area contributed by atoms with Crippen LogP contribution in [0.1, 0.15) is 41.0 Å². The highest BCUT2D eigenvalue weighted by molar-refractivity contribution is 7.90. The second-order valence-corrected chi connectivity index (χ2v) is 6.77. The number of carbonyl (C=O) groups excluding carboxylic acids is 1. The monoisotopic (exact) mass is 235 g/mol. The van der Waals surface area contributed by atoms with Crippen LogP contribution in [-0.4, -0.2) is 25.5 Å². The van der Waals surface area contributed by atoms with Crippen molar-refractivity contribution in [1.82, 2.24) is 4.72 Å². The number of nitrogens with one attached hydrogen (secondary N) is 1. The summed E-state index contributed by atoms with van der Waals surface area (Å²) in [6.07, 6.45) is 0.543. The Hall–Kier alpha value is -0.420. The van der Waals surface area contributed by atoms with Crippen molar-refractivity contribution in [3.05, 3.63) is 0 Å². The van der Waals surface area contributed by atoms with Gasteiger partial charge in [-0.3, -0.25) is 4.79 Å². The van der Waals surface area contributed by atoms with E-state index in [-0.39, 0.29) is 11.7 Å². The van der Waals surface area contributed by atoms with Crippen LogP contribution in [0.2, 0.25) is 0 Å². The zero-order chi connectivity index (χ0) is 12.2. The van der Waals surface area contributed by atoms with Crippen molar-refractivity contribution in [1.29, 1.82) is 0 Å². The van der Waals surface area contributed by atoms with Crippen LogP contribution in [0.3, 0.4) is 0 Å². The summed E-state index contributed by atoms with van der Waals surface area (Å²) in [5.41, 5.74) is 0. The fourth-order valence-electron chi connectivity index (χ4n) is 1.10. The van der Waals surface area contributed by atoms with Crippen molar-refractivity contribution < 1.29 is 13.2 Å². The Morgan fingerprint density at radius 2 is 1.67 bits per heavy atom. The molecule has 0 radical (unpaired) electrons. The number of rotatable bonds is 6. The molecule has 0 aliphatic carbocycles. The van der Waals surface area contributed by atoms with E-state index in [9.17, 15) is 13.2 Å². The van der Waals surface area contributed by atoms with Crippen molar-refractivity contribution in [2.24, 2.45) is 5.92 Å². The Kier molecular flexibility index (Phi) is 5.45. The molecular weight excluding hydrogens is 214 g/mol. The van der Waals surface area contributed by atoms with Crippen LogP contribution >= 0.6 is 0 Å². The number of sulfonamides is 1. The van der Waals surface area contributed by atoms with Gasteiger partial charge in [-0.2, -0.15) is 0 Å². The van der Waals surface area contributed by atoms with Crippen LogP contribution < -0.4 is 4.72 Å². The average Bonchev–Trinajstić information content (AvgIpc) is 2.01. The van der Waals surface area contributed by atoms with E-state index in [4.69, 9.17) is 0 Å². The highest BCUT2D eigenvalue weighted by atomic mass is 32.2. The molecule has 5 heteroatoms. The summed E-state index contributed by atoms with van der Waals surface area (Å²) in [5, 5.41) is -0.508. The number of hydrogen-bond donors (Lipinski definition) is 1. The van der Waals surface area contributed by atoms with E-state index in [1.165, 1.54) is 6.92 Å². The molecule has 0 saturated carbocycles. The smallest absolute Gasteiger partial charge is 0.214 e. The second-order valence-electron chi connectivity index (χ2n) is 4.50. The molecule has 15 heavy (non-hydrogen) atoms. The van der Waals surface area contributed by atoms with Crippen molar-refractivity contribution >= 4 is 15.8 Å². The summed E-state index contributed by atoms with van der Waals surface area (Å²) in [6, 6.07) is -0.586. The first-order valence-electron chi connectivity index (χ1n) is 5.18. The first kappa shape index (κ1) is 14.6. The lowest BCUT2D eigenvalue weighted by molar-refractivity contribution is -0.118. The van der Waals surface area contributed by atoms with E-state index in [1.807, 2.05) is 13.8 Å². The summed E-state index contributed by atoms with van der Waals surface area (Å²) >= 11 is 0. The predicted octanol–water partition coefficient (Wildman–Crippen LogP) is 1.32. The van der Waals surface area contributed by atoms with Crippen LogP contribution in [0.25, 0.3) is 0 Å². The first-order valence-corrected chi connectivity index (χ1v) is 6.73. The molecule has 0 saturated heterocycles. The lowest BCUT2D eigenvalue weighted by Crippen LogP contribution is -2.43. The highest BCUT2D eigenvalue weighted by Crippen LogP contribution is 2.08. The summed E-state index contributed by atoms with van der Waals surface area (Å²) < 4.78 is 25.6. The minimum absolute atomic E-state index is 0.132. The van der Waals surface area contributed by atoms with Crippen LogP contribution in [0, 0.1) is 5.92 Å². The first-order chi connectivity index (χ1) is 6.66. The molecule has 0 amide bonds. The van der Waals surface area contributed by atoms with Crippen molar-refractivity contribution in [2.45, 2.75) is 52.3 Å². The molecule has 1 atom stereocenters. The van der Waals surface area contributed by atoms with Crippen LogP contribution in [0.5, 0.6) is 0 Å². The Balaban J connectivity index is 4.63. The van der Waals surface area contributed by atoms with E-state index in [0.29, 0.717) is 6.42 Å². The normalized spacial score (nSPS) is 14.6. The number of hydrogen-bond acceptors (Lipinski definition) is 3. The van der Waals surface area contributed by atoms with Gasteiger partial charge in [0.05, 0.1) is 11.3 Å². The maximum Gasteiger partial charge on any atom is 0.214 e. The van der Waals surface area contributed by atoms with E-state index < -0.39 is 21.3 Å². The third-order valence-electron chi connectivity index (χ3n) is 2.12. The molecule has 0 spiro atoms. The van der Waals surface area contributed by atoms with Crippen molar-refractivity contribution in [3.8, 4) is 0 Å². The molecule has 0 aromatic heterocycles. The lowest BCUT2D eigenvalue weighted by atomic mass is 10.0. The SMILES string of the molecule is CC(=O)[C@@H](CC(C)C)NS(=O)(=O)C(C)C. The molecule has 90 valence electrons. The number of carbonyl (C=O) groups is 1. The molecule has 4 nitrogen and oxygen atoms in total. The van der Waals surface area contributed by atoms with Crippen molar-refractivity contribution in [3.63, 3.8) is 0 Å². The van der Waals surface area contributed by atoms with E-state index in [0.717, 1.165) is 0 Å². The third-order valence-corrected chi connectivity index (χ3v) is 3.98. The van der Waals surface area contributed by atoms with E-state index in [2.05, 4.69) is 4.72 Å². The molecule has 0 aromatic carbocycles. The average molecular weight is 235 g/mol. The van der Waals surface area contributed by atoms with E-state index >= 15 is 0 Å². The zero-order valence-corrected chi connectivity index (χ0v) is 10.9. The van der Waals surface area contributed by atoms with Crippen LogP contribution in [-0.2, 0) is 14.8 Å². The molecule has 0 aliphatic heterocycles. The van der Waals surface area contributed by atoms with Crippen LogP contribution in [0.15, 0.2) is 0 Å². The van der Waals surface area contributed by atoms with Gasteiger partial charge in [0.15, 0.2) is 0 Å². The van der Waals surface area contributed by atoms with Gasteiger partial charge >= 0.3 is 0 Å². The maximum atomic E-state index is 11.6. The van der Waals surface area contributed by atoms with E-state index in [1.54, 1.807) is 13.8 Å². The molecule has 0 aromatic rings. The van der Waals surface area contributed by atoms with Gasteiger partial charge in [0, 0.05) is 0 Å². The van der Waals surface area contributed by atoms with Gasteiger partial charge in [-0.1, -0.05) is 13.8 Å². The van der Waals surface area contributed by atoms with Gasteiger partial charge in [0.25, 0.3) is 0 Å². The largest absolute Gasteiger partial charge is 0.298 e. The quantitative estimate of drug-likeness (QED) is 0.755. The minimum atomic E-state index is -3.36. The fraction of sp³-hybridized carbons (Fsp3) is 0.900. The summed E-state index contributed by atoms with van der Waals surface area (Å²) in [7, 11) is -3.36. The molecular formula is C10H21NO3S. The molecule has 0 rings (SSSR count). The minimum Gasteiger partial charge on any atom is -0.298 e. The van der Waals surface area contributed by atoms with Crippen LogP contribution in [0.4, 0.5) is 0 Å². The van der Waals surface area contributed by atoms with Crippen molar-refractivity contribution in [2.75, 3.05) is 0 Å². The van der Waals surface area contributed by atoms with Gasteiger partial charge in [0.1, 0.15) is 5.78 Å². The third kappa shape index (κ3) is 5.28. The summed E-state index contributed by atoms with van der Waals surface area (Å²) in [6.45, 7) is 8.51. The Morgan fingerprint density at radius 3 is 1.93 bits per heavy atom. The van der Waals surface area contributed by atoms with Gasteiger partial charge in [0.2, 0.25) is 10.0 Å². The van der Waals surface area contributed by atoms with Gasteiger partial charge < -0.3 is 0 Å². The Bertz CT molecular complexity index is 307. The predicted molar refractivity (Wildman–Crippen MR) is 61.1 cm³/mol. The molecule has 0 bridgehead atoms. The molecule has 0 heterocycles. The molecule has 0 aliphatic rings. The lowest BCUT2D eigenvalue weighted by Gasteiger charge is -2.19. The topological polar surface area (TPSA) is 63.2 Å². The Morgan fingerprint density at radius 1 is 1.20 bits per heavy atom. The van der Waals surface area contributed by atoms with Gasteiger partial charge in [-0.05, 0) is 33.1 Å². The summed E-state index contributed by atoms with van der Waals surface area (Å²) in [4.78, 5) is 11.3. The summed E-state index contributed by atoms with van der Waals surface area (Å²) in [5.74, 6) is 0.154. The molecule has 0 fully saturated rings. The second kappa shape index (κ2) is 5.61. The van der Waals surface area contributed by atoms with Gasteiger partial charge in [-0.15, -0.1) is 0 Å². The highest BCUT2D eigenvalue weighted by Gasteiger charge is 2.24. The Labute approximate surface area is 92.5 Å². The number of ketones is 1.